The van der Waals surface area contributed by atoms with Crippen LogP contribution < -0.4 is 5.73 Å². The summed E-state index contributed by atoms with van der Waals surface area (Å²) in [5.41, 5.74) is 9.06. The van der Waals surface area contributed by atoms with E-state index in [-0.39, 0.29) is 11.8 Å². The molecule has 1 aromatic heterocycles. The molecule has 1 aliphatic heterocycles. The molecule has 4 N–H and O–H groups in total. The van der Waals surface area contributed by atoms with Gasteiger partial charge in [0.25, 0.3) is 0 Å². The van der Waals surface area contributed by atoms with Gasteiger partial charge in [-0.2, -0.15) is 13.2 Å². The number of H-pyrrole nitrogens is 1. The number of ketones is 1. The number of hydrogen-bond donors (Lipinski definition) is 3. The molecule has 6 nitrogen and oxygen atoms in total. The number of nitrogens with zero attached hydrogens (tertiary/aromatic N) is 1. The van der Waals surface area contributed by atoms with Crippen LogP contribution in [-0.2, 0) is 11.2 Å². The Balaban J connectivity index is 0.000000256. The Morgan fingerprint density at radius 1 is 1.42 bits per heavy atom. The number of Topliss-reactive ketones (excluding diaryl/α,β-unsaturated/α-hetero) is 1. The first-order valence-electron chi connectivity index (χ1n) is 6.57. The van der Waals surface area contributed by atoms with Crippen LogP contribution in [0.4, 0.5) is 13.2 Å². The minimum atomic E-state index is -5.08. The number of aliphatic carboxylic acids is 1. The molecule has 1 aliphatic carbocycles. The number of nitrogens with two attached hydrogens (primary N) is 1. The molecule has 0 saturated carbocycles. The number of alkyl halides is 3. The van der Waals surface area contributed by atoms with Crippen LogP contribution in [0, 0.1) is 0 Å². The summed E-state index contributed by atoms with van der Waals surface area (Å²) in [6.45, 7) is 0.949. The van der Waals surface area contributed by atoms with Crippen molar-refractivity contribution in [1.82, 2.24) is 9.88 Å². The molecule has 0 saturated heterocycles. The highest BCUT2D eigenvalue weighted by atomic mass is 79.9. The van der Waals surface area contributed by atoms with E-state index in [0.29, 0.717) is 11.4 Å². The highest BCUT2D eigenvalue weighted by Gasteiger charge is 2.40. The molecule has 0 bridgehead atoms. The number of carboxylic acids is 1. The van der Waals surface area contributed by atoms with Crippen molar-refractivity contribution in [2.75, 3.05) is 13.6 Å². The van der Waals surface area contributed by atoms with Gasteiger partial charge in [0.05, 0.1) is 22.0 Å². The van der Waals surface area contributed by atoms with Crippen LogP contribution >= 0.6 is 31.9 Å². The number of likely N-dealkylation sites (N-methyl/N-ethyl adjacent to an activating group) is 1. The zero-order chi connectivity index (χ0) is 18.4. The third-order valence-corrected chi connectivity index (χ3v) is 5.27. The Bertz CT molecular complexity index is 743. The van der Waals surface area contributed by atoms with Crippen molar-refractivity contribution in [2.24, 2.45) is 5.73 Å². The van der Waals surface area contributed by atoms with Gasteiger partial charge in [0, 0.05) is 16.6 Å². The van der Waals surface area contributed by atoms with E-state index in [9.17, 15) is 18.0 Å². The molecule has 0 radical (unpaired) electrons. The van der Waals surface area contributed by atoms with E-state index in [1.807, 2.05) is 7.05 Å². The summed E-state index contributed by atoms with van der Waals surface area (Å²) < 4.78 is 33.4. The molecule has 1 unspecified atom stereocenters. The molecule has 0 fully saturated rings. The molecular weight excluding hydrogens is 463 g/mol. The van der Waals surface area contributed by atoms with Crippen molar-refractivity contribution in [1.29, 1.82) is 0 Å². The second kappa shape index (κ2) is 6.52. The van der Waals surface area contributed by atoms with Gasteiger partial charge >= 0.3 is 12.1 Å². The minimum Gasteiger partial charge on any atom is -0.475 e. The normalized spacial score (nSPS) is 20.4. The quantitative estimate of drug-likeness (QED) is 0.537. The van der Waals surface area contributed by atoms with Gasteiger partial charge < -0.3 is 15.8 Å². The van der Waals surface area contributed by atoms with Crippen LogP contribution in [0.2, 0.25) is 0 Å². The van der Waals surface area contributed by atoms with Crippen LogP contribution in [0.25, 0.3) is 0 Å². The Hall–Kier alpha value is -1.33. The van der Waals surface area contributed by atoms with Gasteiger partial charge in [-0.3, -0.25) is 9.69 Å². The largest absolute Gasteiger partial charge is 0.490 e. The molecule has 1 aromatic rings. The number of hydrogen-bond acceptors (Lipinski definition) is 4. The van der Waals surface area contributed by atoms with Crippen LogP contribution in [0.15, 0.2) is 14.8 Å². The molecule has 132 valence electrons. The van der Waals surface area contributed by atoms with Crippen molar-refractivity contribution in [2.45, 2.75) is 18.6 Å². The molecule has 2 heterocycles. The summed E-state index contributed by atoms with van der Waals surface area (Å²) in [6, 6.07) is 0.0639. The molecule has 1 atom stereocenters. The summed E-state index contributed by atoms with van der Waals surface area (Å²) >= 11 is 6.96. The van der Waals surface area contributed by atoms with E-state index >= 15 is 0 Å². The number of aromatic nitrogens is 1. The van der Waals surface area contributed by atoms with Gasteiger partial charge in [-0.15, -0.1) is 0 Å². The predicted molar refractivity (Wildman–Crippen MR) is 85.7 cm³/mol. The van der Waals surface area contributed by atoms with Crippen LogP contribution in [-0.4, -0.2) is 46.5 Å². The summed E-state index contributed by atoms with van der Waals surface area (Å²) in [5.74, 6) is -2.88. The van der Waals surface area contributed by atoms with Crippen molar-refractivity contribution in [3.8, 4) is 0 Å². The third-order valence-electron chi connectivity index (χ3n) is 3.73. The lowest BCUT2D eigenvalue weighted by molar-refractivity contribution is -0.192. The highest BCUT2D eigenvalue weighted by molar-refractivity contribution is 9.11. The zero-order valence-electron chi connectivity index (χ0n) is 12.2. The van der Waals surface area contributed by atoms with Crippen molar-refractivity contribution in [3.05, 3.63) is 31.6 Å². The van der Waals surface area contributed by atoms with Gasteiger partial charge in [-0.05, 0) is 35.0 Å². The maximum Gasteiger partial charge on any atom is 0.490 e. The first-order chi connectivity index (χ1) is 11.0. The van der Waals surface area contributed by atoms with Gasteiger partial charge in [0.1, 0.15) is 0 Å². The average molecular weight is 475 g/mol. The third kappa shape index (κ3) is 3.24. The fourth-order valence-electron chi connectivity index (χ4n) is 2.60. The smallest absolute Gasteiger partial charge is 0.475 e. The van der Waals surface area contributed by atoms with E-state index in [1.165, 1.54) is 5.56 Å². The molecular formula is C13H12Br2F3N3O3. The second-order valence-corrected chi connectivity index (χ2v) is 6.88. The molecule has 2 aliphatic rings. The lowest BCUT2D eigenvalue weighted by Gasteiger charge is -2.36. The Morgan fingerprint density at radius 2 is 1.96 bits per heavy atom. The molecule has 24 heavy (non-hydrogen) atoms. The van der Waals surface area contributed by atoms with Crippen molar-refractivity contribution >= 4 is 43.6 Å². The number of carbonyl (C=O) groups is 2. The molecule has 0 spiro atoms. The zero-order valence-corrected chi connectivity index (χ0v) is 15.3. The van der Waals surface area contributed by atoms with E-state index in [0.717, 1.165) is 27.6 Å². The highest BCUT2D eigenvalue weighted by Crippen LogP contribution is 2.45. The monoisotopic (exact) mass is 473 g/mol. The van der Waals surface area contributed by atoms with E-state index in [1.54, 1.807) is 0 Å². The number of allylic oxidation sites excluding steroid dienone is 1. The predicted octanol–water partition coefficient (Wildman–Crippen LogP) is 2.70. The number of carbonyl (C=O) groups excluding carboxylic acids is 1. The lowest BCUT2D eigenvalue weighted by atomic mass is 9.88. The Kier molecular flexibility index (Phi) is 5.17. The molecule has 3 rings (SSSR count). The van der Waals surface area contributed by atoms with Gasteiger partial charge in [0.15, 0.2) is 0 Å². The Labute approximate surface area is 151 Å². The summed E-state index contributed by atoms with van der Waals surface area (Å²) in [4.78, 5) is 26.3. The first kappa shape index (κ1) is 19.0. The van der Waals surface area contributed by atoms with Crippen LogP contribution in [0.5, 0.6) is 0 Å². The van der Waals surface area contributed by atoms with Crippen LogP contribution in [0.1, 0.15) is 27.7 Å². The van der Waals surface area contributed by atoms with Crippen molar-refractivity contribution in [3.63, 3.8) is 0 Å². The maximum absolute atomic E-state index is 12.1. The second-order valence-electron chi connectivity index (χ2n) is 5.23. The van der Waals surface area contributed by atoms with E-state index in [4.69, 9.17) is 15.6 Å². The van der Waals surface area contributed by atoms with E-state index < -0.39 is 12.1 Å². The Morgan fingerprint density at radius 3 is 2.46 bits per heavy atom. The fourth-order valence-corrected chi connectivity index (χ4v) is 3.96. The summed E-state index contributed by atoms with van der Waals surface area (Å²) in [7, 11) is 2.04. The summed E-state index contributed by atoms with van der Waals surface area (Å²) in [5, 5.41) is 7.12. The summed E-state index contributed by atoms with van der Waals surface area (Å²) in [6.07, 6.45) is -4.15. The molecule has 0 amide bonds. The van der Waals surface area contributed by atoms with Crippen molar-refractivity contribution < 1.29 is 27.9 Å². The lowest BCUT2D eigenvalue weighted by Crippen LogP contribution is -2.37. The molecule has 11 heteroatoms. The number of halogens is 5. The SMILES string of the molecule is CN1CCc2c(Br)[nH]c3c2C1C(Br)=C(N)C3=O.O=C(O)C(F)(F)F. The van der Waals surface area contributed by atoms with Crippen LogP contribution in [0.3, 0.4) is 0 Å². The minimum absolute atomic E-state index is 0.0639. The maximum atomic E-state index is 12.1. The first-order valence-corrected chi connectivity index (χ1v) is 8.15. The number of nitrogens with one attached hydrogen (secondary N) is 1. The fraction of sp³-hybridized carbons (Fsp3) is 0.385. The van der Waals surface area contributed by atoms with Gasteiger partial charge in [-0.1, -0.05) is 15.9 Å². The standard InChI is InChI=1S/C11H11Br2N3O.C2HF3O2/c1-16-3-2-4-5-8(15-11(4)13)10(17)7(14)6(12)9(5)16;3-2(4,5)1(6)7/h9,15H,2-3,14H2,1H3;(H,6,7). The van der Waals surface area contributed by atoms with E-state index in [2.05, 4.69) is 41.7 Å². The number of rotatable bonds is 0. The number of aromatic amines is 1. The average Bonchev–Trinajstić information content (AvgIpc) is 2.81. The number of carboxylic acid groups (broad SMARTS) is 1. The van der Waals surface area contributed by atoms with Gasteiger partial charge in [-0.25, -0.2) is 4.79 Å². The van der Waals surface area contributed by atoms with Gasteiger partial charge in [0.2, 0.25) is 5.78 Å². The molecule has 0 aromatic carbocycles. The topological polar surface area (TPSA) is 99.4 Å².